The topological polar surface area (TPSA) is 64.1 Å². The molecule has 1 N–H and O–H groups in total. The normalized spacial score (nSPS) is 13.8. The number of benzene rings is 1. The number of carbonyl (C=O) groups is 1. The van der Waals surface area contributed by atoms with Crippen molar-refractivity contribution in [3.63, 3.8) is 0 Å². The summed E-state index contributed by atoms with van der Waals surface area (Å²) >= 11 is 1.46. The summed E-state index contributed by atoms with van der Waals surface area (Å²) in [7, 11) is 1.64. The molecule has 0 aliphatic heterocycles. The van der Waals surface area contributed by atoms with Crippen LogP contribution >= 0.6 is 11.3 Å². The van der Waals surface area contributed by atoms with E-state index >= 15 is 0 Å². The lowest BCUT2D eigenvalue weighted by molar-refractivity contribution is 0.0954. The zero-order valence-electron chi connectivity index (χ0n) is 15.1. The molecule has 5 nitrogen and oxygen atoms in total. The van der Waals surface area contributed by atoms with Crippen molar-refractivity contribution >= 4 is 27.5 Å². The molecule has 1 saturated carbocycles. The van der Waals surface area contributed by atoms with E-state index < -0.39 is 0 Å². The Morgan fingerprint density at radius 3 is 2.62 bits per heavy atom. The summed E-state index contributed by atoms with van der Waals surface area (Å²) < 4.78 is 5.16. The number of hydrogen-bond acceptors (Lipinski definition) is 5. The van der Waals surface area contributed by atoms with Gasteiger partial charge in [0.25, 0.3) is 5.91 Å². The summed E-state index contributed by atoms with van der Waals surface area (Å²) in [6.45, 7) is 4.47. The molecule has 4 rings (SSSR count). The molecule has 1 fully saturated rings. The maximum atomic E-state index is 12.7. The Morgan fingerprint density at radius 2 is 1.96 bits per heavy atom. The van der Waals surface area contributed by atoms with Crippen molar-refractivity contribution in [2.24, 2.45) is 0 Å². The molecule has 26 heavy (non-hydrogen) atoms. The molecule has 2 aromatic heterocycles. The number of fused-ring (bicyclic) bond motifs is 1. The van der Waals surface area contributed by atoms with Crippen molar-refractivity contribution in [1.29, 1.82) is 0 Å². The average Bonchev–Trinajstić information content (AvgIpc) is 3.44. The number of thiophene rings is 1. The first-order valence-corrected chi connectivity index (χ1v) is 9.57. The van der Waals surface area contributed by atoms with Crippen molar-refractivity contribution in [2.45, 2.75) is 39.2 Å². The number of ether oxygens (including phenoxy) is 1. The average molecular weight is 367 g/mol. The molecule has 0 bridgehead atoms. The molecule has 0 saturated heterocycles. The van der Waals surface area contributed by atoms with Gasteiger partial charge in [0, 0.05) is 17.8 Å². The van der Waals surface area contributed by atoms with E-state index in [1.54, 1.807) is 7.11 Å². The van der Waals surface area contributed by atoms with Gasteiger partial charge in [-0.2, -0.15) is 0 Å². The van der Waals surface area contributed by atoms with Gasteiger partial charge in [0.15, 0.2) is 0 Å². The molecule has 0 unspecified atom stereocenters. The van der Waals surface area contributed by atoms with Gasteiger partial charge in [-0.15, -0.1) is 11.3 Å². The zero-order valence-corrected chi connectivity index (χ0v) is 15.9. The third-order valence-corrected chi connectivity index (χ3v) is 5.93. The van der Waals surface area contributed by atoms with Crippen LogP contribution in [-0.2, 0) is 6.54 Å². The van der Waals surface area contributed by atoms with Gasteiger partial charge in [0.2, 0.25) is 0 Å². The fourth-order valence-corrected chi connectivity index (χ4v) is 4.26. The maximum absolute atomic E-state index is 12.7. The highest BCUT2D eigenvalue weighted by Crippen LogP contribution is 2.40. The fourth-order valence-electron chi connectivity index (χ4n) is 3.11. The highest BCUT2D eigenvalue weighted by Gasteiger charge is 2.28. The largest absolute Gasteiger partial charge is 0.497 e. The molecular weight excluding hydrogens is 346 g/mol. The van der Waals surface area contributed by atoms with E-state index in [0.717, 1.165) is 43.5 Å². The van der Waals surface area contributed by atoms with Crippen LogP contribution in [0.5, 0.6) is 5.75 Å². The standard InChI is InChI=1S/C20H21N3O2S/c1-11-16-12(2)22-18(14-6-7-14)23-20(16)26-17(11)19(24)21-10-13-4-8-15(25-3)9-5-13/h4-5,8-9,14H,6-7,10H2,1-3H3,(H,21,24). The molecule has 0 spiro atoms. The molecule has 6 heteroatoms. The monoisotopic (exact) mass is 367 g/mol. The van der Waals surface area contributed by atoms with Crippen LogP contribution in [0.2, 0.25) is 0 Å². The summed E-state index contributed by atoms with van der Waals surface area (Å²) in [5, 5.41) is 4.03. The van der Waals surface area contributed by atoms with Gasteiger partial charge in [-0.25, -0.2) is 9.97 Å². The SMILES string of the molecule is COc1ccc(CNC(=O)c2sc3nc(C4CC4)nc(C)c3c2C)cc1. The number of methoxy groups -OCH3 is 1. The van der Waals surface area contributed by atoms with Crippen molar-refractivity contribution in [3.8, 4) is 5.75 Å². The first kappa shape index (κ1) is 17.0. The highest BCUT2D eigenvalue weighted by molar-refractivity contribution is 7.20. The molecular formula is C20H21N3O2S. The van der Waals surface area contributed by atoms with Crippen LogP contribution in [0.3, 0.4) is 0 Å². The van der Waals surface area contributed by atoms with Gasteiger partial charge in [-0.3, -0.25) is 4.79 Å². The summed E-state index contributed by atoms with van der Waals surface area (Å²) in [4.78, 5) is 23.7. The van der Waals surface area contributed by atoms with E-state index in [-0.39, 0.29) is 5.91 Å². The first-order chi connectivity index (χ1) is 12.6. The van der Waals surface area contributed by atoms with Gasteiger partial charge in [-0.1, -0.05) is 12.1 Å². The number of aryl methyl sites for hydroxylation is 2. The molecule has 1 aromatic carbocycles. The summed E-state index contributed by atoms with van der Waals surface area (Å²) in [6.07, 6.45) is 2.34. The van der Waals surface area contributed by atoms with E-state index in [0.29, 0.717) is 12.5 Å². The summed E-state index contributed by atoms with van der Waals surface area (Å²) in [5.41, 5.74) is 2.97. The van der Waals surface area contributed by atoms with Gasteiger partial charge < -0.3 is 10.1 Å². The summed E-state index contributed by atoms with van der Waals surface area (Å²) in [5.74, 6) is 2.18. The van der Waals surface area contributed by atoms with Crippen LogP contribution in [0.4, 0.5) is 0 Å². The van der Waals surface area contributed by atoms with Crippen LogP contribution < -0.4 is 10.1 Å². The lowest BCUT2D eigenvalue weighted by Gasteiger charge is -2.06. The predicted molar refractivity (Wildman–Crippen MR) is 103 cm³/mol. The van der Waals surface area contributed by atoms with Crippen LogP contribution in [0, 0.1) is 13.8 Å². The molecule has 1 aliphatic rings. The Kier molecular flexibility index (Phi) is 4.36. The van der Waals surface area contributed by atoms with Gasteiger partial charge in [0.1, 0.15) is 16.4 Å². The van der Waals surface area contributed by atoms with Crippen LogP contribution in [-0.4, -0.2) is 23.0 Å². The molecule has 134 valence electrons. The first-order valence-electron chi connectivity index (χ1n) is 8.75. The van der Waals surface area contributed by atoms with Crippen LogP contribution in [0.25, 0.3) is 10.2 Å². The molecule has 3 aromatic rings. The Bertz CT molecular complexity index is 975. The highest BCUT2D eigenvalue weighted by atomic mass is 32.1. The second kappa shape index (κ2) is 6.68. The number of rotatable bonds is 5. The van der Waals surface area contributed by atoms with Gasteiger partial charge in [-0.05, 0) is 49.9 Å². The lowest BCUT2D eigenvalue weighted by Crippen LogP contribution is -2.22. The molecule has 2 heterocycles. The number of nitrogens with zero attached hydrogens (tertiary/aromatic N) is 2. The minimum Gasteiger partial charge on any atom is -0.497 e. The Balaban J connectivity index is 1.56. The predicted octanol–water partition coefficient (Wildman–Crippen LogP) is 4.12. The van der Waals surface area contributed by atoms with Crippen LogP contribution in [0.15, 0.2) is 24.3 Å². The van der Waals surface area contributed by atoms with Gasteiger partial charge >= 0.3 is 0 Å². The number of nitrogens with one attached hydrogen (secondary N) is 1. The molecule has 0 radical (unpaired) electrons. The number of amides is 1. The van der Waals surface area contributed by atoms with Gasteiger partial charge in [0.05, 0.1) is 17.7 Å². The molecule has 1 aliphatic carbocycles. The Morgan fingerprint density at radius 1 is 1.23 bits per heavy atom. The maximum Gasteiger partial charge on any atom is 0.261 e. The third kappa shape index (κ3) is 3.17. The lowest BCUT2D eigenvalue weighted by atomic mass is 10.1. The quantitative estimate of drug-likeness (QED) is 0.737. The zero-order chi connectivity index (χ0) is 18.3. The van der Waals surface area contributed by atoms with Crippen molar-refractivity contribution < 1.29 is 9.53 Å². The minimum absolute atomic E-state index is 0.0614. The van der Waals surface area contributed by atoms with E-state index in [1.165, 1.54) is 24.2 Å². The minimum atomic E-state index is -0.0614. The van der Waals surface area contributed by atoms with Crippen molar-refractivity contribution in [1.82, 2.24) is 15.3 Å². The molecule has 0 atom stereocenters. The second-order valence-corrected chi connectivity index (χ2v) is 7.71. The number of aromatic nitrogens is 2. The third-order valence-electron chi connectivity index (χ3n) is 4.75. The number of carbonyl (C=O) groups excluding carboxylic acids is 1. The van der Waals surface area contributed by atoms with Crippen molar-refractivity contribution in [3.05, 3.63) is 51.8 Å². The summed E-state index contributed by atoms with van der Waals surface area (Å²) in [6, 6.07) is 7.69. The Labute approximate surface area is 156 Å². The van der Waals surface area contributed by atoms with E-state index in [4.69, 9.17) is 9.72 Å². The molecule has 1 amide bonds. The van der Waals surface area contributed by atoms with Crippen LogP contribution in [0.1, 0.15) is 51.1 Å². The Hall–Kier alpha value is -2.47. The second-order valence-electron chi connectivity index (χ2n) is 6.71. The van der Waals surface area contributed by atoms with E-state index in [2.05, 4.69) is 10.3 Å². The van der Waals surface area contributed by atoms with Crippen molar-refractivity contribution in [2.75, 3.05) is 7.11 Å². The smallest absolute Gasteiger partial charge is 0.261 e. The van der Waals surface area contributed by atoms with E-state index in [1.807, 2.05) is 38.1 Å². The van der Waals surface area contributed by atoms with E-state index in [9.17, 15) is 4.79 Å². The fraction of sp³-hybridized carbons (Fsp3) is 0.350. The number of hydrogen-bond donors (Lipinski definition) is 1.